The molecule has 2 amide bonds. The van der Waals surface area contributed by atoms with E-state index in [1.165, 1.54) is 0 Å². The van der Waals surface area contributed by atoms with Crippen LogP contribution >= 0.6 is 11.6 Å². The van der Waals surface area contributed by atoms with Crippen LogP contribution in [0, 0.1) is 5.41 Å². The molecule has 3 saturated heterocycles. The van der Waals surface area contributed by atoms with E-state index in [4.69, 9.17) is 16.3 Å². The average Bonchev–Trinajstić information content (AvgIpc) is 2.64. The van der Waals surface area contributed by atoms with E-state index < -0.39 is 0 Å². The minimum atomic E-state index is -0.389. The van der Waals surface area contributed by atoms with Gasteiger partial charge in [0, 0.05) is 48.7 Å². The minimum absolute atomic E-state index is 0.0156. The predicted octanol–water partition coefficient (Wildman–Crippen LogP) is 2.12. The van der Waals surface area contributed by atoms with Crippen LogP contribution in [0.1, 0.15) is 31.1 Å². The summed E-state index contributed by atoms with van der Waals surface area (Å²) in [7, 11) is 0. The van der Waals surface area contributed by atoms with Crippen molar-refractivity contribution < 1.29 is 14.3 Å². The summed E-state index contributed by atoms with van der Waals surface area (Å²) in [5.41, 5.74) is 0.0847. The van der Waals surface area contributed by atoms with Gasteiger partial charge in [-0.2, -0.15) is 0 Å². The molecule has 0 aromatic heterocycles. The topological polar surface area (TPSA) is 53.1 Å². The molecule has 0 unspecified atom stereocenters. The normalized spacial score (nSPS) is 24.6. The Kier molecular flexibility index (Phi) is 4.92. The molecule has 1 aromatic rings. The molecule has 3 fully saturated rings. The van der Waals surface area contributed by atoms with Crippen molar-refractivity contribution in [2.75, 3.05) is 45.9 Å². The van der Waals surface area contributed by atoms with Gasteiger partial charge in [0.25, 0.3) is 5.91 Å². The number of likely N-dealkylation sites (tertiary alicyclic amines) is 1. The Morgan fingerprint density at radius 3 is 2.39 bits per heavy atom. The first-order chi connectivity index (χ1) is 13.2. The van der Waals surface area contributed by atoms with Gasteiger partial charge in [0.2, 0.25) is 5.91 Å². The van der Waals surface area contributed by atoms with Crippen LogP contribution in [-0.2, 0) is 9.53 Å². The second kappa shape index (κ2) is 7.01. The highest BCUT2D eigenvalue weighted by Gasteiger charge is 2.56. The van der Waals surface area contributed by atoms with Crippen molar-refractivity contribution in [3.63, 3.8) is 0 Å². The minimum Gasteiger partial charge on any atom is -0.378 e. The molecule has 3 aliphatic heterocycles. The first kappa shape index (κ1) is 19.7. The molecule has 6 nitrogen and oxygen atoms in total. The number of rotatable bonds is 1. The molecule has 28 heavy (non-hydrogen) atoms. The number of carbonyl (C=O) groups is 2. The maximum Gasteiger partial charge on any atom is 0.253 e. The van der Waals surface area contributed by atoms with Crippen LogP contribution in [0.4, 0.5) is 0 Å². The second-order valence-corrected chi connectivity index (χ2v) is 9.69. The fraction of sp³-hybridized carbons (Fsp3) is 0.619. The van der Waals surface area contributed by atoms with Crippen LogP contribution in [0.5, 0.6) is 0 Å². The maximum atomic E-state index is 13.1. The lowest BCUT2D eigenvalue weighted by Crippen LogP contribution is -2.81. The Balaban J connectivity index is 1.55. The molecule has 7 heteroatoms. The average molecular weight is 406 g/mol. The third kappa shape index (κ3) is 3.42. The van der Waals surface area contributed by atoms with E-state index >= 15 is 0 Å². The molecule has 152 valence electrons. The van der Waals surface area contributed by atoms with Gasteiger partial charge in [0.05, 0.1) is 24.8 Å². The molecule has 0 radical (unpaired) electrons. The number of amides is 2. The van der Waals surface area contributed by atoms with Crippen molar-refractivity contribution in [2.45, 2.75) is 32.4 Å². The summed E-state index contributed by atoms with van der Waals surface area (Å²) in [6, 6.07) is 7.22. The number of halogens is 1. The zero-order valence-electron chi connectivity index (χ0n) is 16.8. The molecule has 4 rings (SSSR count). The fourth-order valence-electron chi connectivity index (χ4n) is 4.69. The molecule has 3 aliphatic rings. The zero-order chi connectivity index (χ0) is 20.1. The van der Waals surface area contributed by atoms with Crippen molar-refractivity contribution in [3.05, 3.63) is 34.9 Å². The van der Waals surface area contributed by atoms with Crippen LogP contribution < -0.4 is 0 Å². The Bertz CT molecular complexity index is 768. The largest absolute Gasteiger partial charge is 0.378 e. The number of hydrogen-bond acceptors (Lipinski definition) is 4. The van der Waals surface area contributed by atoms with Gasteiger partial charge in [-0.1, -0.05) is 32.4 Å². The van der Waals surface area contributed by atoms with Crippen molar-refractivity contribution in [3.8, 4) is 0 Å². The monoisotopic (exact) mass is 405 g/mol. The van der Waals surface area contributed by atoms with Crippen LogP contribution in [0.2, 0.25) is 5.02 Å². The first-order valence-electron chi connectivity index (χ1n) is 9.88. The highest BCUT2D eigenvalue weighted by molar-refractivity contribution is 6.30. The van der Waals surface area contributed by atoms with Crippen molar-refractivity contribution >= 4 is 23.4 Å². The molecule has 1 atom stereocenters. The van der Waals surface area contributed by atoms with Gasteiger partial charge in [0.15, 0.2) is 0 Å². The van der Waals surface area contributed by atoms with E-state index in [1.807, 2.05) is 30.6 Å². The quantitative estimate of drug-likeness (QED) is 0.718. The molecule has 0 saturated carbocycles. The number of carbonyl (C=O) groups excluding carboxylic acids is 2. The molecular weight excluding hydrogens is 378 g/mol. The van der Waals surface area contributed by atoms with Crippen molar-refractivity contribution in [1.29, 1.82) is 0 Å². The van der Waals surface area contributed by atoms with E-state index in [0.29, 0.717) is 50.0 Å². The smallest absolute Gasteiger partial charge is 0.253 e. The summed E-state index contributed by atoms with van der Waals surface area (Å²) in [6.07, 6.45) is 0. The Morgan fingerprint density at radius 1 is 1.11 bits per heavy atom. The van der Waals surface area contributed by atoms with Gasteiger partial charge in [-0.15, -0.1) is 0 Å². The Morgan fingerprint density at radius 2 is 1.75 bits per heavy atom. The molecule has 0 aliphatic carbocycles. The lowest BCUT2D eigenvalue weighted by atomic mass is 9.80. The molecular formula is C21H28ClN3O3. The lowest BCUT2D eigenvalue weighted by molar-refractivity contribution is -0.178. The van der Waals surface area contributed by atoms with Crippen LogP contribution in [0.15, 0.2) is 24.3 Å². The maximum absolute atomic E-state index is 13.1. The van der Waals surface area contributed by atoms with Crippen LogP contribution in [0.25, 0.3) is 0 Å². The SMILES string of the molecule is CC(C)(C)C(=O)N1CC2(CN(C(=O)c3ccc(Cl)cc3)C[C@@H]3COCCN32)C1. The van der Waals surface area contributed by atoms with Crippen molar-refractivity contribution in [1.82, 2.24) is 14.7 Å². The number of fused-ring (bicyclic) bond motifs is 2. The number of benzene rings is 1. The standard InChI is InChI=1S/C21H28ClN3O3/c1-20(2,3)19(27)24-13-21(14-24)12-23(10-17-11-28-9-8-25(17)21)18(26)15-4-6-16(22)7-5-15/h4-7,17H,8-14H2,1-3H3/t17-/m1/s1. The Hall–Kier alpha value is -1.63. The van der Waals surface area contributed by atoms with E-state index in [0.717, 1.165) is 6.54 Å². The molecule has 0 N–H and O–H groups in total. The summed E-state index contributed by atoms with van der Waals surface area (Å²) >= 11 is 5.97. The second-order valence-electron chi connectivity index (χ2n) is 9.25. The van der Waals surface area contributed by atoms with Gasteiger partial charge < -0.3 is 14.5 Å². The predicted molar refractivity (Wildman–Crippen MR) is 107 cm³/mol. The van der Waals surface area contributed by atoms with Gasteiger partial charge in [-0.3, -0.25) is 14.5 Å². The number of hydrogen-bond donors (Lipinski definition) is 0. The third-order valence-corrected chi connectivity index (χ3v) is 6.28. The van der Waals surface area contributed by atoms with Crippen LogP contribution in [0.3, 0.4) is 0 Å². The van der Waals surface area contributed by atoms with E-state index in [9.17, 15) is 9.59 Å². The summed E-state index contributed by atoms with van der Waals surface area (Å²) < 4.78 is 5.70. The summed E-state index contributed by atoms with van der Waals surface area (Å²) in [4.78, 5) is 32.2. The van der Waals surface area contributed by atoms with E-state index in [2.05, 4.69) is 4.90 Å². The number of ether oxygens (including phenoxy) is 1. The third-order valence-electron chi connectivity index (χ3n) is 6.03. The van der Waals surface area contributed by atoms with Gasteiger partial charge in [-0.25, -0.2) is 0 Å². The molecule has 3 heterocycles. The number of piperazine rings is 1. The lowest BCUT2D eigenvalue weighted by Gasteiger charge is -2.63. The van der Waals surface area contributed by atoms with E-state index in [-0.39, 0.29) is 28.8 Å². The van der Waals surface area contributed by atoms with Gasteiger partial charge in [0.1, 0.15) is 0 Å². The number of nitrogens with zero attached hydrogens (tertiary/aromatic N) is 3. The van der Waals surface area contributed by atoms with E-state index in [1.54, 1.807) is 24.3 Å². The number of morpholine rings is 1. The zero-order valence-corrected chi connectivity index (χ0v) is 17.5. The fourth-order valence-corrected chi connectivity index (χ4v) is 4.82. The van der Waals surface area contributed by atoms with Gasteiger partial charge >= 0.3 is 0 Å². The molecule has 1 spiro atoms. The highest BCUT2D eigenvalue weighted by Crippen LogP contribution is 2.38. The summed E-state index contributed by atoms with van der Waals surface area (Å²) in [5, 5.41) is 0.619. The summed E-state index contributed by atoms with van der Waals surface area (Å²) in [5.74, 6) is 0.186. The van der Waals surface area contributed by atoms with Gasteiger partial charge in [-0.05, 0) is 24.3 Å². The van der Waals surface area contributed by atoms with Crippen LogP contribution in [-0.4, -0.2) is 84.0 Å². The molecule has 1 aromatic carbocycles. The summed E-state index contributed by atoms with van der Waals surface area (Å²) in [6.45, 7) is 10.7. The highest BCUT2D eigenvalue weighted by atomic mass is 35.5. The molecule has 0 bridgehead atoms. The Labute approximate surface area is 171 Å². The van der Waals surface area contributed by atoms with Crippen molar-refractivity contribution in [2.24, 2.45) is 5.41 Å². The first-order valence-corrected chi connectivity index (χ1v) is 10.3.